The third kappa shape index (κ3) is 3.07. The van der Waals surface area contributed by atoms with Crippen LogP contribution in [0.25, 0.3) is 0 Å². The van der Waals surface area contributed by atoms with Gasteiger partial charge in [0.05, 0.1) is 23.7 Å². The van der Waals surface area contributed by atoms with Crippen LogP contribution < -0.4 is 0 Å². The summed E-state index contributed by atoms with van der Waals surface area (Å²) in [6.45, 7) is 2.34. The summed E-state index contributed by atoms with van der Waals surface area (Å²) in [6, 6.07) is 1.77. The van der Waals surface area contributed by atoms with Gasteiger partial charge >= 0.3 is 0 Å². The molecule has 1 saturated heterocycles. The van der Waals surface area contributed by atoms with Crippen LogP contribution in [0, 0.1) is 11.8 Å². The van der Waals surface area contributed by atoms with Crippen molar-refractivity contribution in [1.82, 2.24) is 4.90 Å². The second-order valence-corrected chi connectivity index (χ2v) is 4.48. The number of nitrogens with zero attached hydrogens (tertiary/aromatic N) is 1. The highest BCUT2D eigenvalue weighted by Gasteiger charge is 2.19. The molecule has 5 heteroatoms. The molecule has 0 aromatic carbocycles. The Bertz CT molecular complexity index is 452. The summed E-state index contributed by atoms with van der Waals surface area (Å²) in [4.78, 5) is 14.7. The molecule has 0 unspecified atom stereocenters. The van der Waals surface area contributed by atoms with E-state index in [2.05, 4.69) is 11.8 Å². The summed E-state index contributed by atoms with van der Waals surface area (Å²) in [5.74, 6) is 5.39. The molecule has 90 valence electrons. The van der Waals surface area contributed by atoms with Crippen molar-refractivity contribution in [1.29, 1.82) is 0 Å². The number of hydrogen-bond donors (Lipinski definition) is 1. The van der Waals surface area contributed by atoms with E-state index in [1.54, 1.807) is 16.3 Å². The number of rotatable bonds is 1. The Morgan fingerprint density at radius 2 is 2.29 bits per heavy atom. The van der Waals surface area contributed by atoms with Crippen molar-refractivity contribution in [3.63, 3.8) is 0 Å². The van der Waals surface area contributed by atoms with Crippen LogP contribution in [0.2, 0.25) is 0 Å². The number of aliphatic hydroxyl groups is 1. The second-order valence-electron chi connectivity index (χ2n) is 3.56. The van der Waals surface area contributed by atoms with E-state index in [0.29, 0.717) is 31.9 Å². The molecule has 0 bridgehead atoms. The minimum absolute atomic E-state index is 0.0293. The maximum atomic E-state index is 12.1. The normalized spacial score (nSPS) is 15.2. The summed E-state index contributed by atoms with van der Waals surface area (Å²) in [5.41, 5.74) is 0.666. The fourth-order valence-electron chi connectivity index (χ4n) is 1.59. The number of hydrogen-bond acceptors (Lipinski definition) is 4. The molecule has 0 atom stereocenters. The van der Waals surface area contributed by atoms with Gasteiger partial charge in [0, 0.05) is 18.5 Å². The molecule has 2 heterocycles. The first-order valence-corrected chi connectivity index (χ1v) is 6.24. The Labute approximate surface area is 104 Å². The minimum atomic E-state index is -0.162. The molecule has 1 N–H and O–H groups in total. The van der Waals surface area contributed by atoms with Gasteiger partial charge in [-0.3, -0.25) is 4.79 Å². The predicted molar refractivity (Wildman–Crippen MR) is 65.0 cm³/mol. The fourth-order valence-corrected chi connectivity index (χ4v) is 2.34. The van der Waals surface area contributed by atoms with Crippen molar-refractivity contribution in [2.75, 3.05) is 32.9 Å². The van der Waals surface area contributed by atoms with Gasteiger partial charge in [0.2, 0.25) is 0 Å². The van der Waals surface area contributed by atoms with E-state index in [1.165, 1.54) is 11.3 Å². The van der Waals surface area contributed by atoms with E-state index in [-0.39, 0.29) is 12.5 Å². The van der Waals surface area contributed by atoms with Gasteiger partial charge in [-0.15, -0.1) is 11.3 Å². The van der Waals surface area contributed by atoms with Crippen LogP contribution in [0.1, 0.15) is 15.2 Å². The Kier molecular flexibility index (Phi) is 4.15. The highest BCUT2D eigenvalue weighted by atomic mass is 32.1. The van der Waals surface area contributed by atoms with Gasteiger partial charge in [0.1, 0.15) is 6.61 Å². The van der Waals surface area contributed by atoms with Crippen molar-refractivity contribution in [2.45, 2.75) is 0 Å². The minimum Gasteiger partial charge on any atom is -0.384 e. The maximum Gasteiger partial charge on any atom is 0.254 e. The first kappa shape index (κ1) is 12.1. The monoisotopic (exact) mass is 251 g/mol. The SMILES string of the molecule is O=C(c1csc(C#CCO)c1)N1CCOCC1. The summed E-state index contributed by atoms with van der Waals surface area (Å²) in [7, 11) is 0. The first-order valence-electron chi connectivity index (χ1n) is 5.36. The first-order chi connectivity index (χ1) is 8.31. The van der Waals surface area contributed by atoms with Crippen molar-refractivity contribution in [3.8, 4) is 11.8 Å². The van der Waals surface area contributed by atoms with Crippen molar-refractivity contribution in [2.24, 2.45) is 0 Å². The van der Waals surface area contributed by atoms with Crippen LogP contribution in [0.3, 0.4) is 0 Å². The van der Waals surface area contributed by atoms with E-state index in [4.69, 9.17) is 9.84 Å². The molecule has 1 fully saturated rings. The molecule has 1 aromatic heterocycles. The number of thiophene rings is 1. The molecule has 2 rings (SSSR count). The van der Waals surface area contributed by atoms with Crippen LogP contribution in [0.4, 0.5) is 0 Å². The molecule has 1 aliphatic rings. The Morgan fingerprint density at radius 1 is 1.53 bits per heavy atom. The number of amides is 1. The zero-order valence-electron chi connectivity index (χ0n) is 9.31. The summed E-state index contributed by atoms with van der Waals surface area (Å²) >= 11 is 1.42. The van der Waals surface area contributed by atoms with Crippen LogP contribution in [-0.4, -0.2) is 48.8 Å². The lowest BCUT2D eigenvalue weighted by Gasteiger charge is -2.26. The lowest BCUT2D eigenvalue weighted by Crippen LogP contribution is -2.40. The molecular weight excluding hydrogens is 238 g/mol. The molecule has 0 aliphatic carbocycles. The van der Waals surface area contributed by atoms with Crippen LogP contribution >= 0.6 is 11.3 Å². The highest BCUT2D eigenvalue weighted by Crippen LogP contribution is 2.16. The number of morpholine rings is 1. The Hall–Kier alpha value is -1.35. The van der Waals surface area contributed by atoms with E-state index in [1.807, 2.05) is 0 Å². The summed E-state index contributed by atoms with van der Waals surface area (Å²) in [5, 5.41) is 10.4. The quantitative estimate of drug-likeness (QED) is 0.742. The number of carbonyl (C=O) groups is 1. The summed E-state index contributed by atoms with van der Waals surface area (Å²) in [6.07, 6.45) is 0. The van der Waals surface area contributed by atoms with E-state index in [0.717, 1.165) is 4.88 Å². The van der Waals surface area contributed by atoms with E-state index >= 15 is 0 Å². The average molecular weight is 251 g/mol. The van der Waals surface area contributed by atoms with Crippen molar-refractivity contribution >= 4 is 17.2 Å². The van der Waals surface area contributed by atoms with Gasteiger partial charge in [0.25, 0.3) is 5.91 Å². The molecule has 0 spiro atoms. The van der Waals surface area contributed by atoms with Gasteiger partial charge in [-0.05, 0) is 6.07 Å². The highest BCUT2D eigenvalue weighted by molar-refractivity contribution is 7.10. The van der Waals surface area contributed by atoms with E-state index in [9.17, 15) is 4.79 Å². The molecule has 4 nitrogen and oxygen atoms in total. The fraction of sp³-hybridized carbons (Fsp3) is 0.417. The van der Waals surface area contributed by atoms with Gasteiger partial charge in [-0.2, -0.15) is 0 Å². The molecular formula is C12H13NO3S. The largest absolute Gasteiger partial charge is 0.384 e. The molecule has 0 saturated carbocycles. The lowest BCUT2D eigenvalue weighted by atomic mass is 10.2. The Balaban J connectivity index is 2.06. The third-order valence-corrected chi connectivity index (χ3v) is 3.28. The van der Waals surface area contributed by atoms with Gasteiger partial charge in [-0.25, -0.2) is 0 Å². The molecule has 1 aromatic rings. The third-order valence-electron chi connectivity index (χ3n) is 2.44. The average Bonchev–Trinajstić information content (AvgIpc) is 2.85. The van der Waals surface area contributed by atoms with Crippen LogP contribution in [0.15, 0.2) is 11.4 Å². The molecule has 0 radical (unpaired) electrons. The van der Waals surface area contributed by atoms with Crippen LogP contribution in [0.5, 0.6) is 0 Å². The standard InChI is InChI=1S/C12H13NO3S/c14-5-1-2-11-8-10(9-17-11)12(15)13-3-6-16-7-4-13/h8-9,14H,3-7H2. The lowest BCUT2D eigenvalue weighted by molar-refractivity contribution is 0.0303. The van der Waals surface area contributed by atoms with Crippen LogP contribution in [-0.2, 0) is 4.74 Å². The number of aliphatic hydroxyl groups excluding tert-OH is 1. The molecule has 1 aliphatic heterocycles. The maximum absolute atomic E-state index is 12.1. The molecule has 1 amide bonds. The zero-order chi connectivity index (χ0) is 12.1. The van der Waals surface area contributed by atoms with E-state index < -0.39 is 0 Å². The van der Waals surface area contributed by atoms with Crippen molar-refractivity contribution in [3.05, 3.63) is 21.9 Å². The number of ether oxygens (including phenoxy) is 1. The topological polar surface area (TPSA) is 49.8 Å². The van der Waals surface area contributed by atoms with Gasteiger partial charge in [-0.1, -0.05) is 11.8 Å². The second kappa shape index (κ2) is 5.82. The Morgan fingerprint density at radius 3 is 3.00 bits per heavy atom. The smallest absolute Gasteiger partial charge is 0.254 e. The van der Waals surface area contributed by atoms with Crippen molar-refractivity contribution < 1.29 is 14.6 Å². The zero-order valence-corrected chi connectivity index (χ0v) is 10.1. The summed E-state index contributed by atoms with van der Waals surface area (Å²) < 4.78 is 5.20. The molecule has 17 heavy (non-hydrogen) atoms. The number of carbonyl (C=O) groups excluding carboxylic acids is 1. The van der Waals surface area contributed by atoms with Gasteiger partial charge < -0.3 is 14.7 Å². The van der Waals surface area contributed by atoms with Gasteiger partial charge in [0.15, 0.2) is 0 Å². The predicted octanol–water partition coefficient (Wildman–Crippen LogP) is 0.564.